The van der Waals surface area contributed by atoms with Crippen molar-refractivity contribution >= 4 is 7.94 Å². The van der Waals surface area contributed by atoms with Crippen LogP contribution in [0.4, 0.5) is 0 Å². The summed E-state index contributed by atoms with van der Waals surface area (Å²) in [5, 5.41) is 0.540. The van der Waals surface area contributed by atoms with Crippen molar-refractivity contribution in [3.63, 3.8) is 0 Å². The van der Waals surface area contributed by atoms with E-state index in [1.807, 2.05) is 48.5 Å². The molecule has 94 valence electrons. The Morgan fingerprint density at radius 3 is 1.62 bits per heavy atom. The van der Waals surface area contributed by atoms with E-state index in [-0.39, 0.29) is 5.41 Å². The lowest BCUT2D eigenvalue weighted by atomic mass is 9.90. The van der Waals surface area contributed by atoms with Crippen molar-refractivity contribution in [1.29, 1.82) is 0 Å². The molecule has 0 aromatic heterocycles. The van der Waals surface area contributed by atoms with Gasteiger partial charge in [0.25, 0.3) is 7.94 Å². The molecule has 1 aliphatic heterocycles. The van der Waals surface area contributed by atoms with Crippen LogP contribution in [0.5, 0.6) is 0 Å². The molecule has 1 heterocycles. The zero-order chi connectivity index (χ0) is 13.0. The van der Waals surface area contributed by atoms with Crippen LogP contribution < -0.4 is 4.89 Å². The summed E-state index contributed by atoms with van der Waals surface area (Å²) in [5.41, 5.74) is -1.43. The Morgan fingerprint density at radius 2 is 1.38 bits per heavy atom. The zero-order valence-corrected chi connectivity index (χ0v) is 12.3. The van der Waals surface area contributed by atoms with Crippen LogP contribution in [0.25, 0.3) is 0 Å². The van der Waals surface area contributed by atoms with E-state index in [1.165, 1.54) is 0 Å². The minimum absolute atomic E-state index is 0.286. The third-order valence-electron chi connectivity index (χ3n) is 3.34. The molecule has 0 bridgehead atoms. The third kappa shape index (κ3) is 2.19. The van der Waals surface area contributed by atoms with Gasteiger partial charge >= 0.3 is 0 Å². The first-order valence-corrected chi connectivity index (χ1v) is 7.08. The van der Waals surface area contributed by atoms with E-state index in [4.69, 9.17) is 9.05 Å². The number of allylic oxidation sites excluding steroid dienone is 1. The van der Waals surface area contributed by atoms with E-state index in [0.717, 1.165) is 0 Å². The predicted octanol–water partition coefficient (Wildman–Crippen LogP) is 3.27. The van der Waals surface area contributed by atoms with Gasteiger partial charge < -0.3 is 4.89 Å². The summed E-state index contributed by atoms with van der Waals surface area (Å²) in [7, 11) is -3.22. The van der Waals surface area contributed by atoms with Crippen molar-refractivity contribution in [2.45, 2.75) is 59.7 Å². The highest BCUT2D eigenvalue weighted by molar-refractivity contribution is 7.64. The van der Waals surface area contributed by atoms with E-state index >= 15 is 0 Å². The highest BCUT2D eigenvalue weighted by Crippen LogP contribution is 2.73. The molecule has 0 spiro atoms. The molecule has 1 aliphatic rings. The van der Waals surface area contributed by atoms with E-state index in [2.05, 4.69) is 6.58 Å². The maximum atomic E-state index is 12.6. The van der Waals surface area contributed by atoms with E-state index in [0.29, 0.717) is 5.31 Å². The minimum atomic E-state index is -3.22. The summed E-state index contributed by atoms with van der Waals surface area (Å²) in [6.45, 7) is 17.3. The fraction of sp³-hybridized carbons (Fsp3) is 0.833. The van der Waals surface area contributed by atoms with Gasteiger partial charge in [-0.2, -0.15) is 9.05 Å². The molecular formula is C12H23O3P. The first-order valence-electron chi connectivity index (χ1n) is 5.53. The van der Waals surface area contributed by atoms with Gasteiger partial charge in [0.05, 0.1) is 0 Å². The highest BCUT2D eigenvalue weighted by atomic mass is 31.2. The lowest BCUT2D eigenvalue weighted by Gasteiger charge is -2.31. The molecular weight excluding hydrogens is 223 g/mol. The second-order valence-electron chi connectivity index (χ2n) is 6.40. The van der Waals surface area contributed by atoms with Crippen LogP contribution in [0.2, 0.25) is 0 Å². The normalized spacial score (nSPS) is 26.8. The van der Waals surface area contributed by atoms with Gasteiger partial charge in [0.2, 0.25) is 0 Å². The fourth-order valence-corrected chi connectivity index (χ4v) is 4.08. The van der Waals surface area contributed by atoms with Crippen molar-refractivity contribution in [2.24, 2.45) is 5.41 Å². The van der Waals surface area contributed by atoms with Crippen molar-refractivity contribution < 1.29 is 13.9 Å². The average Bonchev–Trinajstić information content (AvgIpc) is 2.13. The molecule has 4 heteroatoms. The van der Waals surface area contributed by atoms with Crippen LogP contribution in [0.1, 0.15) is 48.5 Å². The number of hydrogen-bond donors (Lipinski definition) is 0. The van der Waals surface area contributed by atoms with Gasteiger partial charge in [-0.1, -0.05) is 27.4 Å². The molecule has 0 unspecified atom stereocenters. The van der Waals surface area contributed by atoms with Crippen molar-refractivity contribution in [3.8, 4) is 0 Å². The topological polar surface area (TPSA) is 41.5 Å². The maximum absolute atomic E-state index is 12.6. The molecule has 16 heavy (non-hydrogen) atoms. The van der Waals surface area contributed by atoms with E-state index < -0.39 is 19.1 Å². The Morgan fingerprint density at radius 1 is 1.06 bits per heavy atom. The molecule has 0 radical (unpaired) electrons. The third-order valence-corrected chi connectivity index (χ3v) is 6.07. The Labute approximate surface area is 99.4 Å². The van der Waals surface area contributed by atoms with E-state index in [1.54, 1.807) is 0 Å². The summed E-state index contributed by atoms with van der Waals surface area (Å²) in [6, 6.07) is 0. The molecule has 0 N–H and O–H groups in total. The smallest absolute Gasteiger partial charge is 0.268 e. The molecule has 0 aliphatic carbocycles. The first kappa shape index (κ1) is 14.1. The maximum Gasteiger partial charge on any atom is 0.268 e. The fourth-order valence-electron chi connectivity index (χ4n) is 1.36. The Balaban J connectivity index is 3.06. The summed E-state index contributed by atoms with van der Waals surface area (Å²) < 4.78 is 11.3. The Bertz CT molecular complexity index is 297. The molecule has 0 aromatic carbocycles. The quantitative estimate of drug-likeness (QED) is 0.667. The second-order valence-corrected chi connectivity index (χ2v) is 8.30. The van der Waals surface area contributed by atoms with Crippen LogP contribution >= 0.6 is 7.94 Å². The van der Waals surface area contributed by atoms with Crippen LogP contribution in [0.3, 0.4) is 0 Å². The average molecular weight is 246 g/mol. The summed E-state index contributed by atoms with van der Waals surface area (Å²) in [5.74, 6) is 0. The van der Waals surface area contributed by atoms with E-state index in [9.17, 15) is 4.89 Å². The molecule has 3 nitrogen and oxygen atoms in total. The predicted molar refractivity (Wildman–Crippen MR) is 65.8 cm³/mol. The lowest BCUT2D eigenvalue weighted by molar-refractivity contribution is -0.209. The highest BCUT2D eigenvalue weighted by Gasteiger charge is 2.62. The largest absolute Gasteiger partial charge is 0.627 e. The van der Waals surface area contributed by atoms with Gasteiger partial charge in [-0.15, -0.1) is 0 Å². The van der Waals surface area contributed by atoms with Crippen molar-refractivity contribution in [1.82, 2.24) is 0 Å². The van der Waals surface area contributed by atoms with Crippen molar-refractivity contribution in [2.75, 3.05) is 0 Å². The Kier molecular flexibility index (Phi) is 3.11. The Hall–Kier alpha value is 0.0500. The lowest BCUT2D eigenvalue weighted by Crippen LogP contribution is -2.41. The first-order chi connectivity index (χ1) is 6.82. The van der Waals surface area contributed by atoms with Crippen LogP contribution in [0.15, 0.2) is 11.9 Å². The van der Waals surface area contributed by atoms with Crippen LogP contribution in [-0.2, 0) is 9.05 Å². The number of rotatable bonds is 1. The molecule has 1 rings (SSSR count). The number of hydrogen-bond acceptors (Lipinski definition) is 3. The SMILES string of the molecule is C=C(C(C)(C)C)[P+]1([O-])OC(C)(C)C(C)(C)O1. The van der Waals surface area contributed by atoms with Gasteiger partial charge in [0.1, 0.15) is 16.5 Å². The van der Waals surface area contributed by atoms with Gasteiger partial charge in [0, 0.05) is 5.41 Å². The monoisotopic (exact) mass is 246 g/mol. The summed E-state index contributed by atoms with van der Waals surface area (Å²) >= 11 is 0. The minimum Gasteiger partial charge on any atom is -0.627 e. The molecule has 0 atom stereocenters. The molecule has 1 saturated heterocycles. The van der Waals surface area contributed by atoms with Gasteiger partial charge in [0.15, 0.2) is 0 Å². The van der Waals surface area contributed by atoms with Gasteiger partial charge in [-0.25, -0.2) is 0 Å². The molecule has 1 fully saturated rings. The van der Waals surface area contributed by atoms with Gasteiger partial charge in [-0.3, -0.25) is 0 Å². The molecule has 0 amide bonds. The van der Waals surface area contributed by atoms with Gasteiger partial charge in [-0.05, 0) is 27.7 Å². The van der Waals surface area contributed by atoms with Crippen LogP contribution in [0, 0.1) is 5.41 Å². The van der Waals surface area contributed by atoms with Crippen LogP contribution in [-0.4, -0.2) is 11.2 Å². The summed E-state index contributed by atoms with van der Waals surface area (Å²) in [6.07, 6.45) is 0. The van der Waals surface area contributed by atoms with Crippen molar-refractivity contribution in [3.05, 3.63) is 11.9 Å². The second kappa shape index (κ2) is 3.52. The standard InChI is InChI=1S/C12H23O3P/c1-9(10(2,3)4)16(13)14-11(5,6)12(7,8)15-16/h1H2,2-8H3. The molecule has 0 aromatic rings. The molecule has 0 saturated carbocycles. The summed E-state index contributed by atoms with van der Waals surface area (Å²) in [4.78, 5) is 12.6. The zero-order valence-electron chi connectivity index (χ0n) is 11.4.